The van der Waals surface area contributed by atoms with Crippen LogP contribution in [0.3, 0.4) is 0 Å². The van der Waals surface area contributed by atoms with E-state index in [1.165, 1.54) is 24.3 Å². The molecule has 2 aromatic heterocycles. The summed E-state index contributed by atoms with van der Waals surface area (Å²) in [5.74, 6) is -0.834. The summed E-state index contributed by atoms with van der Waals surface area (Å²) in [6.07, 6.45) is 4.30. The lowest BCUT2D eigenvalue weighted by molar-refractivity contribution is 0.0235. The lowest BCUT2D eigenvalue weighted by atomic mass is 9.75. The van der Waals surface area contributed by atoms with Gasteiger partial charge in [-0.25, -0.2) is 4.39 Å². The zero-order chi connectivity index (χ0) is 19.1. The molecule has 1 aliphatic carbocycles. The molecule has 0 radical (unpaired) electrons. The average Bonchev–Trinajstić information content (AvgIpc) is 3.02. The van der Waals surface area contributed by atoms with Gasteiger partial charge in [-0.2, -0.15) is 5.10 Å². The van der Waals surface area contributed by atoms with Gasteiger partial charge in [-0.1, -0.05) is 0 Å². The monoisotopic (exact) mass is 370 g/mol. The van der Waals surface area contributed by atoms with E-state index in [1.54, 1.807) is 17.9 Å². The number of benzene rings is 1. The van der Waals surface area contributed by atoms with E-state index < -0.39 is 17.3 Å². The van der Waals surface area contributed by atoms with E-state index in [4.69, 9.17) is 0 Å². The van der Waals surface area contributed by atoms with Crippen molar-refractivity contribution in [3.05, 3.63) is 64.0 Å². The number of aliphatic hydroxyl groups excluding tert-OH is 1. The molecule has 3 aromatic rings. The maximum atomic E-state index is 13.5. The molecule has 4 rings (SSSR count). The van der Waals surface area contributed by atoms with Crippen molar-refractivity contribution in [1.82, 2.24) is 20.1 Å². The SMILES string of the molecule is Cn1cc(C(NC(=O)c2cc(=O)[nH]c3cc(F)ccc23)C2CC(O)C2)cn1. The lowest BCUT2D eigenvalue weighted by Crippen LogP contribution is -2.41. The number of carbonyl (C=O) groups excluding carboxylic acids is 1. The second-order valence-corrected chi connectivity index (χ2v) is 7.02. The van der Waals surface area contributed by atoms with Crippen LogP contribution in [-0.2, 0) is 7.05 Å². The third-order valence-electron chi connectivity index (χ3n) is 5.04. The summed E-state index contributed by atoms with van der Waals surface area (Å²) < 4.78 is 15.1. The first kappa shape index (κ1) is 17.4. The molecule has 8 heteroatoms. The van der Waals surface area contributed by atoms with Crippen LogP contribution < -0.4 is 10.9 Å². The molecule has 27 heavy (non-hydrogen) atoms. The van der Waals surface area contributed by atoms with Gasteiger partial charge in [0.1, 0.15) is 5.82 Å². The number of pyridine rings is 1. The van der Waals surface area contributed by atoms with Crippen molar-refractivity contribution in [2.75, 3.05) is 0 Å². The van der Waals surface area contributed by atoms with Crippen LogP contribution in [0.5, 0.6) is 0 Å². The number of nitrogens with one attached hydrogen (secondary N) is 2. The molecular formula is C19H19FN4O3. The Balaban J connectivity index is 1.69. The first-order chi connectivity index (χ1) is 12.9. The van der Waals surface area contributed by atoms with E-state index in [1.807, 2.05) is 6.20 Å². The highest BCUT2D eigenvalue weighted by molar-refractivity contribution is 6.06. The minimum absolute atomic E-state index is 0.0823. The highest BCUT2D eigenvalue weighted by Crippen LogP contribution is 2.38. The molecule has 0 spiro atoms. The molecule has 1 saturated carbocycles. The standard InChI is InChI=1S/C19H19FN4O3/c1-24-9-11(8-21-24)18(10-4-13(25)5-10)23-19(27)15-7-17(26)22-16-6-12(20)2-3-14(15)16/h2-3,6-10,13,18,25H,4-5H2,1H3,(H,22,26)(H,23,27). The number of aliphatic hydroxyl groups is 1. The number of aryl methyl sites for hydroxylation is 1. The van der Waals surface area contributed by atoms with Crippen LogP contribution in [0.4, 0.5) is 4.39 Å². The van der Waals surface area contributed by atoms with Crippen molar-refractivity contribution >= 4 is 16.8 Å². The Morgan fingerprint density at radius 3 is 2.85 bits per heavy atom. The van der Waals surface area contributed by atoms with E-state index in [0.29, 0.717) is 18.2 Å². The van der Waals surface area contributed by atoms with Crippen LogP contribution in [0.15, 0.2) is 41.5 Å². The second-order valence-electron chi connectivity index (χ2n) is 7.02. The van der Waals surface area contributed by atoms with Crippen LogP contribution in [0.1, 0.15) is 34.8 Å². The number of amides is 1. The molecule has 2 heterocycles. The topological polar surface area (TPSA) is 100 Å². The van der Waals surface area contributed by atoms with Gasteiger partial charge in [-0.15, -0.1) is 0 Å². The van der Waals surface area contributed by atoms with Crippen LogP contribution in [0, 0.1) is 11.7 Å². The van der Waals surface area contributed by atoms with E-state index >= 15 is 0 Å². The number of nitrogens with zero attached hydrogens (tertiary/aromatic N) is 2. The highest BCUT2D eigenvalue weighted by atomic mass is 19.1. The maximum absolute atomic E-state index is 13.5. The Morgan fingerprint density at radius 1 is 1.41 bits per heavy atom. The van der Waals surface area contributed by atoms with E-state index in [2.05, 4.69) is 15.4 Å². The maximum Gasteiger partial charge on any atom is 0.252 e. The molecule has 0 aliphatic heterocycles. The average molecular weight is 370 g/mol. The number of fused-ring (bicyclic) bond motifs is 1. The number of H-pyrrole nitrogens is 1. The first-order valence-electron chi connectivity index (χ1n) is 8.71. The van der Waals surface area contributed by atoms with Crippen molar-refractivity contribution in [3.8, 4) is 0 Å². The lowest BCUT2D eigenvalue weighted by Gasteiger charge is -2.37. The Labute approximate surface area is 153 Å². The van der Waals surface area contributed by atoms with E-state index in [0.717, 1.165) is 5.56 Å². The van der Waals surface area contributed by atoms with E-state index in [-0.39, 0.29) is 29.1 Å². The third-order valence-corrected chi connectivity index (χ3v) is 5.04. The molecule has 7 nitrogen and oxygen atoms in total. The quantitative estimate of drug-likeness (QED) is 0.650. The molecule has 1 fully saturated rings. The zero-order valence-electron chi connectivity index (χ0n) is 14.6. The van der Waals surface area contributed by atoms with Crippen molar-refractivity contribution < 1.29 is 14.3 Å². The Hall–Kier alpha value is -3.00. The largest absolute Gasteiger partial charge is 0.393 e. The predicted molar refractivity (Wildman–Crippen MR) is 96.7 cm³/mol. The summed E-state index contributed by atoms with van der Waals surface area (Å²) in [6, 6.07) is 4.80. The summed E-state index contributed by atoms with van der Waals surface area (Å²) in [6.45, 7) is 0. The van der Waals surface area contributed by atoms with Gasteiger partial charge in [0, 0.05) is 30.3 Å². The molecule has 1 aliphatic rings. The summed E-state index contributed by atoms with van der Waals surface area (Å²) in [5.41, 5.74) is 0.811. The molecule has 0 saturated heterocycles. The van der Waals surface area contributed by atoms with Gasteiger partial charge in [0.15, 0.2) is 0 Å². The number of halogens is 1. The van der Waals surface area contributed by atoms with Crippen molar-refractivity contribution in [1.29, 1.82) is 0 Å². The summed E-state index contributed by atoms with van der Waals surface area (Å²) >= 11 is 0. The normalized spacial score (nSPS) is 20.3. The molecule has 1 unspecified atom stereocenters. The molecule has 1 aromatic carbocycles. The minimum Gasteiger partial charge on any atom is -0.393 e. The number of aromatic nitrogens is 3. The van der Waals surface area contributed by atoms with Crippen LogP contribution in [0.2, 0.25) is 0 Å². The molecule has 0 bridgehead atoms. The number of hydrogen-bond donors (Lipinski definition) is 3. The fourth-order valence-corrected chi connectivity index (χ4v) is 3.62. The molecule has 140 valence electrons. The van der Waals surface area contributed by atoms with Gasteiger partial charge in [0.05, 0.1) is 29.4 Å². The minimum atomic E-state index is -0.493. The van der Waals surface area contributed by atoms with Crippen molar-refractivity contribution in [2.45, 2.75) is 25.0 Å². The van der Waals surface area contributed by atoms with Crippen LogP contribution in [-0.4, -0.2) is 31.9 Å². The Kier molecular flexibility index (Phi) is 4.27. The number of hydrogen-bond acceptors (Lipinski definition) is 4. The zero-order valence-corrected chi connectivity index (χ0v) is 14.6. The highest BCUT2D eigenvalue weighted by Gasteiger charge is 2.36. The van der Waals surface area contributed by atoms with Gasteiger partial charge >= 0.3 is 0 Å². The summed E-state index contributed by atoms with van der Waals surface area (Å²) in [4.78, 5) is 27.4. The third kappa shape index (κ3) is 3.35. The Morgan fingerprint density at radius 2 is 2.19 bits per heavy atom. The van der Waals surface area contributed by atoms with Gasteiger partial charge in [-0.05, 0) is 37.0 Å². The Bertz CT molecular complexity index is 1070. The van der Waals surface area contributed by atoms with Gasteiger partial charge < -0.3 is 15.4 Å². The molecule has 1 atom stereocenters. The van der Waals surface area contributed by atoms with Gasteiger partial charge in [0.2, 0.25) is 5.56 Å². The van der Waals surface area contributed by atoms with Gasteiger partial charge in [0.25, 0.3) is 5.91 Å². The predicted octanol–water partition coefficient (Wildman–Crippen LogP) is 1.64. The fourth-order valence-electron chi connectivity index (χ4n) is 3.62. The summed E-state index contributed by atoms with van der Waals surface area (Å²) in [5, 5.41) is 17.3. The van der Waals surface area contributed by atoms with Gasteiger partial charge in [-0.3, -0.25) is 14.3 Å². The molecule has 1 amide bonds. The van der Waals surface area contributed by atoms with Crippen LogP contribution in [0.25, 0.3) is 10.9 Å². The molecule has 3 N–H and O–H groups in total. The summed E-state index contributed by atoms with van der Waals surface area (Å²) in [7, 11) is 1.79. The number of carbonyl (C=O) groups is 1. The van der Waals surface area contributed by atoms with E-state index in [9.17, 15) is 19.1 Å². The number of rotatable bonds is 4. The van der Waals surface area contributed by atoms with Crippen LogP contribution >= 0.6 is 0 Å². The first-order valence-corrected chi connectivity index (χ1v) is 8.71. The van der Waals surface area contributed by atoms with Crippen molar-refractivity contribution in [3.63, 3.8) is 0 Å². The second kappa shape index (κ2) is 6.62. The van der Waals surface area contributed by atoms with Crippen molar-refractivity contribution in [2.24, 2.45) is 13.0 Å². The smallest absolute Gasteiger partial charge is 0.252 e. The molecular weight excluding hydrogens is 351 g/mol. The number of aromatic amines is 1. The fraction of sp³-hybridized carbons (Fsp3) is 0.316.